The summed E-state index contributed by atoms with van der Waals surface area (Å²) in [5.74, 6) is 0.102. The molecule has 0 aliphatic carbocycles. The highest BCUT2D eigenvalue weighted by atomic mass is 79.9. The highest BCUT2D eigenvalue weighted by Crippen LogP contribution is 2.39. The minimum atomic E-state index is -1.05. The lowest BCUT2D eigenvalue weighted by atomic mass is 10.1. The lowest BCUT2D eigenvalue weighted by Crippen LogP contribution is -1.96. The molecule has 0 unspecified atom stereocenters. The molecule has 0 saturated heterocycles. The van der Waals surface area contributed by atoms with Crippen LogP contribution in [-0.2, 0) is 0 Å². The van der Waals surface area contributed by atoms with Crippen molar-refractivity contribution in [2.75, 3.05) is 13.7 Å². The molecule has 0 aliphatic heterocycles. The Kier molecular flexibility index (Phi) is 4.29. The first-order valence-electron chi connectivity index (χ1n) is 5.86. The molecule has 0 bridgehead atoms. The smallest absolute Gasteiger partial charge is 0.353 e. The largest absolute Gasteiger partial charge is 0.492 e. The van der Waals surface area contributed by atoms with E-state index >= 15 is 0 Å². The molecular weight excluding hydrogens is 328 g/mol. The van der Waals surface area contributed by atoms with Crippen LogP contribution in [0.4, 0.5) is 0 Å². The number of rotatable bonds is 5. The molecule has 0 radical (unpaired) electrons. The van der Waals surface area contributed by atoms with Gasteiger partial charge in [-0.25, -0.2) is 4.79 Å². The van der Waals surface area contributed by atoms with Crippen LogP contribution in [0.1, 0.15) is 17.4 Å². The first-order valence-corrected chi connectivity index (χ1v) is 6.65. The van der Waals surface area contributed by atoms with Crippen LogP contribution in [-0.4, -0.2) is 35.0 Å². The van der Waals surface area contributed by atoms with E-state index in [1.807, 2.05) is 6.92 Å². The van der Waals surface area contributed by atoms with Crippen molar-refractivity contribution in [2.45, 2.75) is 6.92 Å². The molecule has 2 aromatic rings. The molecule has 0 aliphatic rings. The van der Waals surface area contributed by atoms with Crippen LogP contribution in [0.2, 0.25) is 0 Å². The van der Waals surface area contributed by atoms with Gasteiger partial charge in [0.2, 0.25) is 0 Å². The Balaban J connectivity index is 2.48. The van der Waals surface area contributed by atoms with Crippen molar-refractivity contribution in [1.29, 1.82) is 0 Å². The number of carboxylic acid groups (broad SMARTS) is 1. The number of carboxylic acids is 1. The third kappa shape index (κ3) is 2.77. The van der Waals surface area contributed by atoms with Crippen LogP contribution in [0.15, 0.2) is 22.7 Å². The van der Waals surface area contributed by atoms with Gasteiger partial charge in [0.15, 0.2) is 11.5 Å². The normalized spacial score (nSPS) is 10.3. The SMILES string of the molecule is CCOc1cc(-c2cc(C(=O)O)[nH]n2)cc(Br)c1OC. The second kappa shape index (κ2) is 5.96. The summed E-state index contributed by atoms with van der Waals surface area (Å²) in [5.41, 5.74) is 1.28. The number of aromatic nitrogens is 2. The van der Waals surface area contributed by atoms with Gasteiger partial charge in [0, 0.05) is 5.56 Å². The predicted octanol–water partition coefficient (Wildman–Crippen LogP) is 2.94. The molecule has 7 heteroatoms. The Bertz CT molecular complexity index is 639. The van der Waals surface area contributed by atoms with Crippen molar-refractivity contribution < 1.29 is 19.4 Å². The number of carbonyl (C=O) groups is 1. The van der Waals surface area contributed by atoms with Crippen molar-refractivity contribution in [1.82, 2.24) is 10.2 Å². The fraction of sp³-hybridized carbons (Fsp3) is 0.231. The first kappa shape index (κ1) is 14.4. The van der Waals surface area contributed by atoms with E-state index in [9.17, 15) is 4.79 Å². The van der Waals surface area contributed by atoms with Gasteiger partial charge in [-0.3, -0.25) is 5.10 Å². The number of nitrogens with zero attached hydrogens (tertiary/aromatic N) is 1. The Morgan fingerprint density at radius 2 is 2.20 bits per heavy atom. The fourth-order valence-electron chi connectivity index (χ4n) is 1.76. The lowest BCUT2D eigenvalue weighted by Gasteiger charge is -2.12. The van der Waals surface area contributed by atoms with Gasteiger partial charge in [0.05, 0.1) is 23.9 Å². The summed E-state index contributed by atoms with van der Waals surface area (Å²) in [5, 5.41) is 15.3. The van der Waals surface area contributed by atoms with Crippen molar-refractivity contribution in [3.05, 3.63) is 28.4 Å². The molecule has 1 heterocycles. The molecule has 6 nitrogen and oxygen atoms in total. The van der Waals surface area contributed by atoms with Crippen LogP contribution in [0.5, 0.6) is 11.5 Å². The van der Waals surface area contributed by atoms with E-state index in [0.29, 0.717) is 28.3 Å². The number of aromatic carboxylic acids is 1. The summed E-state index contributed by atoms with van der Waals surface area (Å²) in [6, 6.07) is 5.02. The summed E-state index contributed by atoms with van der Waals surface area (Å²) in [7, 11) is 1.55. The number of ether oxygens (including phenoxy) is 2. The molecule has 0 spiro atoms. The van der Waals surface area contributed by atoms with Crippen molar-refractivity contribution in [3.63, 3.8) is 0 Å². The lowest BCUT2D eigenvalue weighted by molar-refractivity contribution is 0.0690. The number of H-pyrrole nitrogens is 1. The van der Waals surface area contributed by atoms with Crippen LogP contribution < -0.4 is 9.47 Å². The number of halogens is 1. The minimum Gasteiger partial charge on any atom is -0.492 e. The Morgan fingerprint density at radius 3 is 2.75 bits per heavy atom. The van der Waals surface area contributed by atoms with Gasteiger partial charge in [0.25, 0.3) is 0 Å². The second-order valence-corrected chi connectivity index (χ2v) is 4.75. The molecular formula is C13H13BrN2O4. The van der Waals surface area contributed by atoms with E-state index in [1.165, 1.54) is 6.07 Å². The molecule has 0 amide bonds. The summed E-state index contributed by atoms with van der Waals surface area (Å²) < 4.78 is 11.5. The van der Waals surface area contributed by atoms with Crippen LogP contribution in [0.25, 0.3) is 11.3 Å². The van der Waals surface area contributed by atoms with Gasteiger partial charge >= 0.3 is 5.97 Å². The van der Waals surface area contributed by atoms with E-state index in [1.54, 1.807) is 19.2 Å². The topological polar surface area (TPSA) is 84.4 Å². The molecule has 2 rings (SSSR count). The summed E-state index contributed by atoms with van der Waals surface area (Å²) >= 11 is 3.40. The zero-order chi connectivity index (χ0) is 14.7. The van der Waals surface area contributed by atoms with E-state index in [4.69, 9.17) is 14.6 Å². The van der Waals surface area contributed by atoms with Crippen LogP contribution in [0, 0.1) is 0 Å². The van der Waals surface area contributed by atoms with E-state index < -0.39 is 5.97 Å². The van der Waals surface area contributed by atoms with Gasteiger partial charge in [-0.15, -0.1) is 0 Å². The minimum absolute atomic E-state index is 0.0323. The fourth-order valence-corrected chi connectivity index (χ4v) is 2.36. The molecule has 2 N–H and O–H groups in total. The number of hydrogen-bond donors (Lipinski definition) is 2. The van der Waals surface area contributed by atoms with Gasteiger partial charge < -0.3 is 14.6 Å². The Labute approximate surface area is 123 Å². The van der Waals surface area contributed by atoms with Gasteiger partial charge in [-0.2, -0.15) is 5.10 Å². The average molecular weight is 341 g/mol. The highest BCUT2D eigenvalue weighted by molar-refractivity contribution is 9.10. The maximum absolute atomic E-state index is 10.9. The summed E-state index contributed by atoms with van der Waals surface area (Å²) in [6.07, 6.45) is 0. The van der Waals surface area contributed by atoms with E-state index in [-0.39, 0.29) is 5.69 Å². The van der Waals surface area contributed by atoms with Crippen LogP contribution >= 0.6 is 15.9 Å². The maximum Gasteiger partial charge on any atom is 0.353 e. The zero-order valence-corrected chi connectivity index (χ0v) is 12.5. The Morgan fingerprint density at radius 1 is 1.45 bits per heavy atom. The number of benzene rings is 1. The van der Waals surface area contributed by atoms with E-state index in [2.05, 4.69) is 26.1 Å². The summed E-state index contributed by atoms with van der Waals surface area (Å²) in [6.45, 7) is 2.37. The van der Waals surface area contributed by atoms with Crippen molar-refractivity contribution in [3.8, 4) is 22.8 Å². The monoisotopic (exact) mass is 340 g/mol. The van der Waals surface area contributed by atoms with Crippen LogP contribution in [0.3, 0.4) is 0 Å². The molecule has 106 valence electrons. The van der Waals surface area contributed by atoms with E-state index in [0.717, 1.165) is 5.56 Å². The standard InChI is InChI=1S/C13H13BrN2O4/c1-3-20-11-5-7(4-8(14)12(11)19-2)9-6-10(13(17)18)16-15-9/h4-6H,3H2,1-2H3,(H,15,16)(H,17,18). The van der Waals surface area contributed by atoms with Crippen molar-refractivity contribution >= 4 is 21.9 Å². The Hall–Kier alpha value is -2.02. The van der Waals surface area contributed by atoms with Gasteiger partial charge in [-0.1, -0.05) is 0 Å². The molecule has 0 fully saturated rings. The first-order chi connectivity index (χ1) is 9.56. The molecule has 1 aromatic carbocycles. The molecule has 0 atom stereocenters. The quantitative estimate of drug-likeness (QED) is 0.874. The number of aromatic amines is 1. The average Bonchev–Trinajstić information content (AvgIpc) is 2.88. The third-order valence-electron chi connectivity index (χ3n) is 2.62. The molecule has 0 saturated carbocycles. The molecule has 1 aromatic heterocycles. The van der Waals surface area contributed by atoms with Crippen molar-refractivity contribution in [2.24, 2.45) is 0 Å². The maximum atomic E-state index is 10.9. The number of hydrogen-bond acceptors (Lipinski definition) is 4. The van der Waals surface area contributed by atoms with Gasteiger partial charge in [0.1, 0.15) is 5.69 Å². The number of nitrogens with one attached hydrogen (secondary N) is 1. The number of methoxy groups -OCH3 is 1. The molecule has 20 heavy (non-hydrogen) atoms. The highest BCUT2D eigenvalue weighted by Gasteiger charge is 2.15. The zero-order valence-electron chi connectivity index (χ0n) is 10.9. The second-order valence-electron chi connectivity index (χ2n) is 3.89. The predicted molar refractivity (Wildman–Crippen MR) is 76.4 cm³/mol. The van der Waals surface area contributed by atoms with Gasteiger partial charge in [-0.05, 0) is 41.1 Å². The third-order valence-corrected chi connectivity index (χ3v) is 3.21. The summed E-state index contributed by atoms with van der Waals surface area (Å²) in [4.78, 5) is 10.9.